The number of carbonyl (C=O) groups is 1. The molecule has 2 heterocycles. The molecular formula is C26H19N3O4S. The summed E-state index contributed by atoms with van der Waals surface area (Å²) in [5.74, 6) is 0.327. The smallest absolute Gasteiger partial charge is 0.280 e. The van der Waals surface area contributed by atoms with Crippen LogP contribution in [-0.4, -0.2) is 24.2 Å². The maximum atomic E-state index is 13.5. The molecule has 0 atom stereocenters. The van der Waals surface area contributed by atoms with Gasteiger partial charge in [-0.3, -0.25) is 9.59 Å². The largest absolute Gasteiger partial charge is 0.497 e. The Hall–Kier alpha value is -4.30. The summed E-state index contributed by atoms with van der Waals surface area (Å²) in [6.45, 7) is 1.91. The lowest BCUT2D eigenvalue weighted by atomic mass is 10.1. The van der Waals surface area contributed by atoms with E-state index in [0.29, 0.717) is 32.9 Å². The molecule has 5 rings (SSSR count). The molecule has 5 aromatic rings. The topological polar surface area (TPSA) is 85.0 Å². The average molecular weight is 470 g/mol. The Bertz CT molecular complexity index is 1620. The number of anilines is 1. The third kappa shape index (κ3) is 4.06. The fraction of sp³-hybridized carbons (Fsp3) is 0.0769. The number of hydrogen-bond acceptors (Lipinski definition) is 7. The normalized spacial score (nSPS) is 11.4. The third-order valence-corrected chi connectivity index (χ3v) is 6.24. The number of aryl methyl sites for hydroxylation is 1. The summed E-state index contributed by atoms with van der Waals surface area (Å²) in [6, 6.07) is 19.7. The SMILES string of the molecule is COc1ccc2nc(N(/N=C/c3coc4ccccc4c3=O)C(=O)c3cccc(C)c3)sc2c1. The van der Waals surface area contributed by atoms with Gasteiger partial charge in [0.15, 0.2) is 0 Å². The van der Waals surface area contributed by atoms with E-state index in [4.69, 9.17) is 9.15 Å². The minimum absolute atomic E-state index is 0.225. The first-order valence-electron chi connectivity index (χ1n) is 10.4. The van der Waals surface area contributed by atoms with Crippen LogP contribution >= 0.6 is 11.3 Å². The zero-order chi connectivity index (χ0) is 23.7. The van der Waals surface area contributed by atoms with E-state index < -0.39 is 0 Å². The molecule has 0 saturated carbocycles. The predicted octanol–water partition coefficient (Wildman–Crippen LogP) is 5.40. The molecule has 1 amide bonds. The molecule has 8 heteroatoms. The van der Waals surface area contributed by atoms with E-state index in [-0.39, 0.29) is 16.9 Å². The maximum Gasteiger partial charge on any atom is 0.280 e. The number of fused-ring (bicyclic) bond motifs is 2. The van der Waals surface area contributed by atoms with Crippen LogP contribution in [0.1, 0.15) is 21.5 Å². The minimum Gasteiger partial charge on any atom is -0.497 e. The summed E-state index contributed by atoms with van der Waals surface area (Å²) in [4.78, 5) is 31.0. The van der Waals surface area contributed by atoms with Crippen LogP contribution in [0.5, 0.6) is 5.75 Å². The van der Waals surface area contributed by atoms with Gasteiger partial charge in [-0.05, 0) is 49.4 Å². The van der Waals surface area contributed by atoms with Gasteiger partial charge in [-0.1, -0.05) is 41.2 Å². The van der Waals surface area contributed by atoms with Crippen molar-refractivity contribution in [2.24, 2.45) is 5.10 Å². The highest BCUT2D eigenvalue weighted by atomic mass is 32.1. The number of rotatable bonds is 5. The second-order valence-corrected chi connectivity index (χ2v) is 8.59. The van der Waals surface area contributed by atoms with E-state index in [2.05, 4.69) is 10.1 Å². The molecule has 7 nitrogen and oxygen atoms in total. The van der Waals surface area contributed by atoms with Crippen LogP contribution in [0.3, 0.4) is 0 Å². The van der Waals surface area contributed by atoms with Crippen molar-refractivity contribution < 1.29 is 13.9 Å². The van der Waals surface area contributed by atoms with Crippen molar-refractivity contribution in [1.82, 2.24) is 4.98 Å². The van der Waals surface area contributed by atoms with Crippen LogP contribution in [0.25, 0.3) is 21.2 Å². The molecule has 0 N–H and O–H groups in total. The summed E-state index contributed by atoms with van der Waals surface area (Å²) in [7, 11) is 1.59. The van der Waals surface area contributed by atoms with Crippen LogP contribution in [0.4, 0.5) is 5.13 Å². The molecule has 0 spiro atoms. The van der Waals surface area contributed by atoms with Crippen molar-refractivity contribution in [2.75, 3.05) is 12.1 Å². The highest BCUT2D eigenvalue weighted by Gasteiger charge is 2.21. The number of para-hydroxylation sites is 1. The number of aromatic nitrogens is 1. The quantitative estimate of drug-likeness (QED) is 0.254. The number of hydrogen-bond donors (Lipinski definition) is 0. The van der Waals surface area contributed by atoms with Gasteiger partial charge in [-0.25, -0.2) is 4.98 Å². The summed E-state index contributed by atoms with van der Waals surface area (Å²) in [5.41, 5.74) is 2.59. The van der Waals surface area contributed by atoms with E-state index in [1.807, 2.05) is 37.3 Å². The standard InChI is InChI=1S/C26H19N3O4S/c1-16-6-5-7-17(12-16)25(31)29(26-28-21-11-10-19(32-2)13-23(21)34-26)27-14-18-15-33-22-9-4-3-8-20(22)24(18)30/h3-15H,1-2H3/b27-14+. The number of amides is 1. The molecule has 2 aromatic heterocycles. The Morgan fingerprint density at radius 1 is 1.12 bits per heavy atom. The number of carbonyl (C=O) groups excluding carboxylic acids is 1. The summed E-state index contributed by atoms with van der Waals surface area (Å²) in [6.07, 6.45) is 2.67. The highest BCUT2D eigenvalue weighted by Crippen LogP contribution is 2.32. The summed E-state index contributed by atoms with van der Waals surface area (Å²) >= 11 is 1.30. The Balaban J connectivity index is 1.60. The molecule has 168 valence electrons. The lowest BCUT2D eigenvalue weighted by Crippen LogP contribution is -2.26. The molecule has 0 radical (unpaired) electrons. The molecule has 3 aromatic carbocycles. The number of benzene rings is 3. The molecule has 0 unspecified atom stereocenters. The second-order valence-electron chi connectivity index (χ2n) is 7.58. The van der Waals surface area contributed by atoms with Gasteiger partial charge in [-0.15, -0.1) is 0 Å². The van der Waals surface area contributed by atoms with Crippen LogP contribution in [-0.2, 0) is 0 Å². The van der Waals surface area contributed by atoms with Crippen molar-refractivity contribution in [3.63, 3.8) is 0 Å². The van der Waals surface area contributed by atoms with Crippen molar-refractivity contribution in [3.8, 4) is 5.75 Å². The van der Waals surface area contributed by atoms with Crippen LogP contribution in [0.2, 0.25) is 0 Å². The zero-order valence-corrected chi connectivity index (χ0v) is 19.2. The second kappa shape index (κ2) is 8.92. The molecule has 0 aliphatic heterocycles. The van der Waals surface area contributed by atoms with Crippen LogP contribution in [0.15, 0.2) is 87.3 Å². The summed E-state index contributed by atoms with van der Waals surface area (Å²) in [5, 5.41) is 6.41. The first-order valence-corrected chi connectivity index (χ1v) is 11.3. The number of hydrazone groups is 1. The van der Waals surface area contributed by atoms with Gasteiger partial charge in [0.2, 0.25) is 10.6 Å². The Labute approximate surface area is 198 Å². The Morgan fingerprint density at radius 2 is 1.97 bits per heavy atom. The average Bonchev–Trinajstić information content (AvgIpc) is 3.28. The van der Waals surface area contributed by atoms with E-state index >= 15 is 0 Å². The van der Waals surface area contributed by atoms with E-state index in [0.717, 1.165) is 10.3 Å². The number of ether oxygens (including phenoxy) is 1. The monoisotopic (exact) mass is 469 g/mol. The molecule has 0 fully saturated rings. The van der Waals surface area contributed by atoms with E-state index in [1.54, 1.807) is 43.5 Å². The van der Waals surface area contributed by atoms with E-state index in [1.165, 1.54) is 28.8 Å². The van der Waals surface area contributed by atoms with Gasteiger partial charge in [-0.2, -0.15) is 10.1 Å². The molecular weight excluding hydrogens is 450 g/mol. The third-order valence-electron chi connectivity index (χ3n) is 5.24. The van der Waals surface area contributed by atoms with Crippen molar-refractivity contribution in [3.05, 3.63) is 99.9 Å². The Kier molecular flexibility index (Phi) is 5.65. The predicted molar refractivity (Wildman–Crippen MR) is 134 cm³/mol. The molecule has 0 saturated heterocycles. The number of nitrogens with zero attached hydrogens (tertiary/aromatic N) is 3. The zero-order valence-electron chi connectivity index (χ0n) is 18.4. The fourth-order valence-corrected chi connectivity index (χ4v) is 4.45. The summed E-state index contributed by atoms with van der Waals surface area (Å²) < 4.78 is 11.7. The first-order chi connectivity index (χ1) is 16.5. The van der Waals surface area contributed by atoms with Gasteiger partial charge < -0.3 is 9.15 Å². The first kappa shape index (κ1) is 21.5. The molecule has 34 heavy (non-hydrogen) atoms. The van der Waals surface area contributed by atoms with Crippen molar-refractivity contribution in [1.29, 1.82) is 0 Å². The van der Waals surface area contributed by atoms with Gasteiger partial charge >= 0.3 is 0 Å². The minimum atomic E-state index is -0.365. The highest BCUT2D eigenvalue weighted by molar-refractivity contribution is 7.22. The van der Waals surface area contributed by atoms with Gasteiger partial charge in [0.05, 0.1) is 34.5 Å². The van der Waals surface area contributed by atoms with Gasteiger partial charge in [0.25, 0.3) is 5.91 Å². The maximum absolute atomic E-state index is 13.5. The lowest BCUT2D eigenvalue weighted by molar-refractivity contribution is 0.0987. The van der Waals surface area contributed by atoms with Gasteiger partial charge in [0.1, 0.15) is 17.6 Å². The van der Waals surface area contributed by atoms with Gasteiger partial charge in [0, 0.05) is 5.56 Å². The molecule has 0 aliphatic rings. The molecule has 0 bridgehead atoms. The Morgan fingerprint density at radius 3 is 2.79 bits per heavy atom. The number of thiazole rings is 1. The van der Waals surface area contributed by atoms with E-state index in [9.17, 15) is 9.59 Å². The molecule has 0 aliphatic carbocycles. The number of methoxy groups -OCH3 is 1. The van der Waals surface area contributed by atoms with Crippen molar-refractivity contribution >= 4 is 49.8 Å². The van der Waals surface area contributed by atoms with Crippen LogP contribution in [0, 0.1) is 6.92 Å². The van der Waals surface area contributed by atoms with Crippen molar-refractivity contribution in [2.45, 2.75) is 6.92 Å². The van der Waals surface area contributed by atoms with Crippen LogP contribution < -0.4 is 15.2 Å². The fourth-order valence-electron chi connectivity index (χ4n) is 3.50. The lowest BCUT2D eigenvalue weighted by Gasteiger charge is -2.14.